The molecule has 0 aliphatic carbocycles. The zero-order chi connectivity index (χ0) is 11.1. The molecule has 0 atom stereocenters. The summed E-state index contributed by atoms with van der Waals surface area (Å²) in [4.78, 5) is 4.48. The average molecular weight is 204 g/mol. The molecular weight excluding hydrogens is 188 g/mol. The lowest BCUT2D eigenvalue weighted by Gasteiger charge is -1.98. The number of rotatable bonds is 4. The number of allylic oxidation sites excluding steroid dienone is 3. The van der Waals surface area contributed by atoms with E-state index in [0.717, 1.165) is 23.5 Å². The van der Waals surface area contributed by atoms with Crippen molar-refractivity contribution in [2.75, 3.05) is 0 Å². The first-order chi connectivity index (χ1) is 7.27. The molecule has 0 aromatic carbocycles. The molecule has 1 heterocycles. The van der Waals surface area contributed by atoms with Crippen molar-refractivity contribution in [2.45, 2.75) is 27.2 Å². The predicted molar refractivity (Wildman–Crippen MR) is 62.6 cm³/mol. The second kappa shape index (κ2) is 5.90. The number of hydrogen-bond acceptors (Lipinski definition) is 3. The second-order valence-electron chi connectivity index (χ2n) is 3.13. The Balaban J connectivity index is 2.99. The molecule has 0 amide bonds. The van der Waals surface area contributed by atoms with Crippen molar-refractivity contribution in [3.63, 3.8) is 0 Å². The summed E-state index contributed by atoms with van der Waals surface area (Å²) < 4.78 is 0. The topological polar surface area (TPSA) is 53.9 Å². The summed E-state index contributed by atoms with van der Waals surface area (Å²) in [7, 11) is 0. The first-order valence-corrected chi connectivity index (χ1v) is 5.01. The van der Waals surface area contributed by atoms with Gasteiger partial charge in [-0.25, -0.2) is 0 Å². The zero-order valence-corrected chi connectivity index (χ0v) is 9.36. The molecule has 1 rings (SSSR count). The molecule has 4 heteroatoms. The molecule has 0 unspecified atom stereocenters. The van der Waals surface area contributed by atoms with Crippen LogP contribution in [-0.2, 0) is 0 Å². The van der Waals surface area contributed by atoms with Crippen LogP contribution in [-0.4, -0.2) is 21.1 Å². The summed E-state index contributed by atoms with van der Waals surface area (Å²) in [6, 6.07) is 0. The van der Waals surface area contributed by atoms with Crippen LogP contribution in [0.5, 0.6) is 0 Å². The highest BCUT2D eigenvalue weighted by Crippen LogP contribution is 2.12. The quantitative estimate of drug-likeness (QED) is 0.605. The van der Waals surface area contributed by atoms with E-state index >= 15 is 0 Å². The number of aromatic nitrogens is 3. The Kier molecular flexibility index (Phi) is 4.47. The van der Waals surface area contributed by atoms with Gasteiger partial charge in [-0.15, -0.1) is 0 Å². The fraction of sp³-hybridized carbons (Fsp3) is 0.364. The molecule has 0 fully saturated rings. The number of aromatic amines is 1. The second-order valence-corrected chi connectivity index (χ2v) is 3.13. The first kappa shape index (κ1) is 11.4. The van der Waals surface area contributed by atoms with Crippen LogP contribution in [0.2, 0.25) is 0 Å². The Bertz CT molecular complexity index is 371. The van der Waals surface area contributed by atoms with Crippen molar-refractivity contribution in [3.05, 3.63) is 30.1 Å². The summed E-state index contributed by atoms with van der Waals surface area (Å²) in [6.07, 6.45) is 8.43. The SMILES string of the molecule is C/C=C\C=C(/N=C(C)CC)c1cn[nH]n1. The Labute approximate surface area is 89.8 Å². The van der Waals surface area contributed by atoms with Crippen LogP contribution in [0.25, 0.3) is 5.70 Å². The van der Waals surface area contributed by atoms with Gasteiger partial charge in [-0.1, -0.05) is 19.1 Å². The van der Waals surface area contributed by atoms with E-state index in [1.165, 1.54) is 0 Å². The fourth-order valence-electron chi connectivity index (χ4n) is 0.977. The molecule has 1 N–H and O–H groups in total. The summed E-state index contributed by atoms with van der Waals surface area (Å²) in [5.41, 5.74) is 2.68. The maximum absolute atomic E-state index is 4.48. The normalized spacial score (nSPS) is 13.8. The molecule has 15 heavy (non-hydrogen) atoms. The maximum Gasteiger partial charge on any atom is 0.131 e. The lowest BCUT2D eigenvalue weighted by Crippen LogP contribution is -1.90. The Morgan fingerprint density at radius 2 is 2.40 bits per heavy atom. The molecule has 1 aromatic rings. The van der Waals surface area contributed by atoms with E-state index in [1.54, 1.807) is 6.20 Å². The summed E-state index contributed by atoms with van der Waals surface area (Å²) in [6.45, 7) is 6.05. The van der Waals surface area contributed by atoms with Crippen molar-refractivity contribution in [2.24, 2.45) is 4.99 Å². The minimum Gasteiger partial charge on any atom is -0.256 e. The summed E-state index contributed by atoms with van der Waals surface area (Å²) >= 11 is 0. The third-order valence-electron chi connectivity index (χ3n) is 1.95. The maximum atomic E-state index is 4.48. The number of nitrogens with zero attached hydrogens (tertiary/aromatic N) is 3. The van der Waals surface area contributed by atoms with Crippen molar-refractivity contribution >= 4 is 11.4 Å². The van der Waals surface area contributed by atoms with E-state index in [1.807, 2.05) is 32.1 Å². The number of aliphatic imine (C=N–C) groups is 1. The highest BCUT2D eigenvalue weighted by atomic mass is 15.3. The minimum absolute atomic E-state index is 0.765. The molecule has 1 aromatic heterocycles. The van der Waals surface area contributed by atoms with Crippen LogP contribution in [0, 0.1) is 0 Å². The van der Waals surface area contributed by atoms with E-state index in [0.29, 0.717) is 0 Å². The fourth-order valence-corrected chi connectivity index (χ4v) is 0.977. The highest BCUT2D eigenvalue weighted by molar-refractivity contribution is 5.87. The minimum atomic E-state index is 0.765. The molecule has 0 bridgehead atoms. The summed E-state index contributed by atoms with van der Waals surface area (Å²) in [5.74, 6) is 0. The largest absolute Gasteiger partial charge is 0.256 e. The van der Waals surface area contributed by atoms with Crippen molar-refractivity contribution in [1.82, 2.24) is 15.4 Å². The van der Waals surface area contributed by atoms with Gasteiger partial charge in [0.15, 0.2) is 0 Å². The number of H-pyrrole nitrogens is 1. The van der Waals surface area contributed by atoms with Gasteiger partial charge in [0.05, 0.1) is 11.9 Å². The van der Waals surface area contributed by atoms with E-state index in [-0.39, 0.29) is 0 Å². The lowest BCUT2D eigenvalue weighted by molar-refractivity contribution is 0.935. The zero-order valence-electron chi connectivity index (χ0n) is 9.36. The van der Waals surface area contributed by atoms with Crippen LogP contribution >= 0.6 is 0 Å². The molecule has 0 aliphatic rings. The van der Waals surface area contributed by atoms with Gasteiger partial charge in [-0.05, 0) is 26.3 Å². The summed E-state index contributed by atoms with van der Waals surface area (Å²) in [5, 5.41) is 10.4. The van der Waals surface area contributed by atoms with Crippen molar-refractivity contribution in [1.29, 1.82) is 0 Å². The molecular formula is C11H16N4. The monoisotopic (exact) mass is 204 g/mol. The van der Waals surface area contributed by atoms with Crippen LogP contribution in [0.15, 0.2) is 29.4 Å². The van der Waals surface area contributed by atoms with Gasteiger partial charge >= 0.3 is 0 Å². The molecule has 4 nitrogen and oxygen atoms in total. The third-order valence-corrected chi connectivity index (χ3v) is 1.95. The van der Waals surface area contributed by atoms with Gasteiger partial charge < -0.3 is 0 Å². The van der Waals surface area contributed by atoms with Crippen LogP contribution in [0.3, 0.4) is 0 Å². The number of hydrogen-bond donors (Lipinski definition) is 1. The molecule has 80 valence electrons. The smallest absolute Gasteiger partial charge is 0.131 e. The van der Waals surface area contributed by atoms with Gasteiger partial charge in [-0.2, -0.15) is 15.4 Å². The predicted octanol–water partition coefficient (Wildman–Crippen LogP) is 2.59. The van der Waals surface area contributed by atoms with Crippen molar-refractivity contribution < 1.29 is 0 Å². The molecule has 0 saturated carbocycles. The van der Waals surface area contributed by atoms with Gasteiger partial charge in [-0.3, -0.25) is 4.99 Å². The van der Waals surface area contributed by atoms with Gasteiger partial charge in [0, 0.05) is 5.71 Å². The van der Waals surface area contributed by atoms with E-state index < -0.39 is 0 Å². The Morgan fingerprint density at radius 3 is 2.93 bits per heavy atom. The van der Waals surface area contributed by atoms with Crippen LogP contribution < -0.4 is 0 Å². The molecule has 0 radical (unpaired) electrons. The van der Waals surface area contributed by atoms with Gasteiger partial charge in [0.1, 0.15) is 5.69 Å². The van der Waals surface area contributed by atoms with E-state index in [9.17, 15) is 0 Å². The lowest BCUT2D eigenvalue weighted by atomic mass is 10.2. The highest BCUT2D eigenvalue weighted by Gasteiger charge is 2.02. The van der Waals surface area contributed by atoms with Crippen LogP contribution in [0.1, 0.15) is 32.9 Å². The molecule has 0 saturated heterocycles. The molecule has 0 spiro atoms. The Hall–Kier alpha value is -1.71. The Morgan fingerprint density at radius 1 is 1.60 bits per heavy atom. The van der Waals surface area contributed by atoms with E-state index in [2.05, 4.69) is 27.3 Å². The number of nitrogens with one attached hydrogen (secondary N) is 1. The van der Waals surface area contributed by atoms with Gasteiger partial charge in [0.2, 0.25) is 0 Å². The van der Waals surface area contributed by atoms with Gasteiger partial charge in [0.25, 0.3) is 0 Å². The first-order valence-electron chi connectivity index (χ1n) is 5.01. The third kappa shape index (κ3) is 3.50. The molecule has 0 aliphatic heterocycles. The van der Waals surface area contributed by atoms with Crippen molar-refractivity contribution in [3.8, 4) is 0 Å². The average Bonchev–Trinajstić information content (AvgIpc) is 2.77. The van der Waals surface area contributed by atoms with E-state index in [4.69, 9.17) is 0 Å². The standard InChI is InChI=1S/C11H16N4/c1-4-6-7-10(13-9(3)5-2)11-8-12-15-14-11/h4,6-8H,5H2,1-3H3,(H,12,14,15)/b6-4-,10-7-,13-9?. The van der Waals surface area contributed by atoms with Crippen LogP contribution in [0.4, 0.5) is 0 Å².